The van der Waals surface area contributed by atoms with Gasteiger partial charge in [0.05, 0.1) is 6.10 Å². The predicted molar refractivity (Wildman–Crippen MR) is 80.9 cm³/mol. The molecule has 1 heterocycles. The maximum atomic E-state index is 11.7. The van der Waals surface area contributed by atoms with E-state index in [1.165, 1.54) is 0 Å². The summed E-state index contributed by atoms with van der Waals surface area (Å²) in [5, 5.41) is 13.9. The molecule has 1 atom stereocenters. The van der Waals surface area contributed by atoms with Crippen molar-refractivity contribution in [3.05, 3.63) is 35.5 Å². The van der Waals surface area contributed by atoms with Gasteiger partial charge in [-0.15, -0.1) is 0 Å². The minimum absolute atomic E-state index is 0.0479. The third-order valence-electron chi connectivity index (χ3n) is 3.32. The first kappa shape index (κ1) is 14.9. The number of aliphatic hydroxyl groups is 1. The van der Waals surface area contributed by atoms with E-state index >= 15 is 0 Å². The lowest BCUT2D eigenvalue weighted by atomic mass is 10.2. The number of carbonyl (C=O) groups is 1. The molecule has 4 nitrogen and oxygen atoms in total. The molecule has 0 saturated carbocycles. The van der Waals surface area contributed by atoms with Crippen LogP contribution in [0.25, 0.3) is 10.9 Å². The molecule has 2 aromatic rings. The minimum Gasteiger partial charge on any atom is -0.391 e. The maximum Gasteiger partial charge on any atom is 0.221 e. The number of nitrogens with one attached hydrogen (secondary N) is 1. The van der Waals surface area contributed by atoms with Gasteiger partial charge in [0.2, 0.25) is 5.91 Å². The highest BCUT2D eigenvalue weighted by Crippen LogP contribution is 2.20. The van der Waals surface area contributed by atoms with Crippen LogP contribution < -0.4 is 5.32 Å². The third kappa shape index (κ3) is 3.74. The number of rotatable bonds is 6. The molecule has 1 amide bonds. The van der Waals surface area contributed by atoms with Gasteiger partial charge in [-0.3, -0.25) is 4.79 Å². The normalized spacial score (nSPS) is 12.6. The fourth-order valence-electron chi connectivity index (χ4n) is 2.05. The summed E-state index contributed by atoms with van der Waals surface area (Å²) < 4.78 is 2.03. The molecule has 0 aliphatic rings. The van der Waals surface area contributed by atoms with Crippen molar-refractivity contribution in [1.82, 2.24) is 9.88 Å². The van der Waals surface area contributed by atoms with E-state index in [0.717, 1.165) is 10.9 Å². The van der Waals surface area contributed by atoms with Gasteiger partial charge < -0.3 is 15.0 Å². The quantitative estimate of drug-likeness (QED) is 0.860. The van der Waals surface area contributed by atoms with E-state index < -0.39 is 6.10 Å². The maximum absolute atomic E-state index is 11.7. The number of aromatic nitrogens is 1. The largest absolute Gasteiger partial charge is 0.391 e. The SMILES string of the molecule is CC[C@H](O)CNC(=O)CCn1ccc2cc(Cl)ccc21. The van der Waals surface area contributed by atoms with Gasteiger partial charge in [-0.05, 0) is 30.7 Å². The number of amides is 1. The Morgan fingerprint density at radius 1 is 1.45 bits per heavy atom. The van der Waals surface area contributed by atoms with E-state index in [1.54, 1.807) is 0 Å². The van der Waals surface area contributed by atoms with Crippen molar-refractivity contribution in [1.29, 1.82) is 0 Å². The van der Waals surface area contributed by atoms with E-state index in [2.05, 4.69) is 5.32 Å². The molecule has 0 radical (unpaired) electrons. The summed E-state index contributed by atoms with van der Waals surface area (Å²) >= 11 is 5.94. The zero-order valence-corrected chi connectivity index (χ0v) is 12.2. The minimum atomic E-state index is -0.464. The van der Waals surface area contributed by atoms with E-state index in [-0.39, 0.29) is 5.91 Å². The van der Waals surface area contributed by atoms with Crippen molar-refractivity contribution in [2.45, 2.75) is 32.4 Å². The summed E-state index contributed by atoms with van der Waals surface area (Å²) in [6, 6.07) is 7.69. The summed E-state index contributed by atoms with van der Waals surface area (Å²) in [6.45, 7) is 2.81. The number of halogens is 1. The molecule has 0 aliphatic carbocycles. The van der Waals surface area contributed by atoms with Crippen LogP contribution in [0.4, 0.5) is 0 Å². The Morgan fingerprint density at radius 2 is 2.25 bits per heavy atom. The molecule has 20 heavy (non-hydrogen) atoms. The molecule has 108 valence electrons. The van der Waals surface area contributed by atoms with Crippen LogP contribution in [-0.4, -0.2) is 28.2 Å². The molecular weight excluding hydrogens is 276 g/mol. The van der Waals surface area contributed by atoms with E-state index in [1.807, 2.05) is 42.0 Å². The van der Waals surface area contributed by atoms with Gasteiger partial charge in [-0.1, -0.05) is 18.5 Å². The highest BCUT2D eigenvalue weighted by atomic mass is 35.5. The second-order valence-corrected chi connectivity index (χ2v) is 5.26. The van der Waals surface area contributed by atoms with Gasteiger partial charge in [0.1, 0.15) is 0 Å². The Bertz CT molecular complexity index is 595. The summed E-state index contributed by atoms with van der Waals surface area (Å²) in [6.07, 6.45) is 2.52. The number of aliphatic hydroxyl groups excluding tert-OH is 1. The van der Waals surface area contributed by atoms with Crippen LogP contribution in [0.15, 0.2) is 30.5 Å². The van der Waals surface area contributed by atoms with E-state index in [4.69, 9.17) is 11.6 Å². The Morgan fingerprint density at radius 3 is 3.00 bits per heavy atom. The number of aryl methyl sites for hydroxylation is 1. The van der Waals surface area contributed by atoms with Gasteiger partial charge in [0.15, 0.2) is 0 Å². The number of fused-ring (bicyclic) bond motifs is 1. The van der Waals surface area contributed by atoms with Crippen molar-refractivity contribution in [2.24, 2.45) is 0 Å². The number of nitrogens with zero attached hydrogens (tertiary/aromatic N) is 1. The first-order chi connectivity index (χ1) is 9.60. The first-order valence-electron chi connectivity index (χ1n) is 6.79. The Hall–Kier alpha value is -1.52. The van der Waals surface area contributed by atoms with Crippen LogP contribution >= 0.6 is 11.6 Å². The molecule has 5 heteroatoms. The van der Waals surface area contributed by atoms with Crippen molar-refractivity contribution >= 4 is 28.4 Å². The standard InChI is InChI=1S/C15H19ClN2O2/c1-2-13(19)10-17-15(20)6-8-18-7-5-11-9-12(16)3-4-14(11)18/h3-5,7,9,13,19H,2,6,8,10H2,1H3,(H,17,20)/t13-/m0/s1. The lowest BCUT2D eigenvalue weighted by molar-refractivity contribution is -0.121. The molecule has 2 rings (SSSR count). The Kier molecular flexibility index (Phi) is 5.04. The van der Waals surface area contributed by atoms with Gasteiger partial charge in [0, 0.05) is 41.6 Å². The molecule has 1 aromatic heterocycles. The topological polar surface area (TPSA) is 54.3 Å². The molecule has 0 saturated heterocycles. The smallest absolute Gasteiger partial charge is 0.221 e. The average molecular weight is 295 g/mol. The number of hydrogen-bond donors (Lipinski definition) is 2. The highest BCUT2D eigenvalue weighted by molar-refractivity contribution is 6.31. The van der Waals surface area contributed by atoms with Crippen LogP contribution in [-0.2, 0) is 11.3 Å². The lowest BCUT2D eigenvalue weighted by Gasteiger charge is -2.10. The van der Waals surface area contributed by atoms with Crippen molar-refractivity contribution < 1.29 is 9.90 Å². The molecule has 0 bridgehead atoms. The fourth-order valence-corrected chi connectivity index (χ4v) is 2.23. The molecule has 0 aliphatic heterocycles. The third-order valence-corrected chi connectivity index (χ3v) is 3.55. The summed E-state index contributed by atoms with van der Waals surface area (Å²) in [5.74, 6) is -0.0479. The zero-order chi connectivity index (χ0) is 14.5. The van der Waals surface area contributed by atoms with Crippen molar-refractivity contribution in [3.63, 3.8) is 0 Å². The summed E-state index contributed by atoms with van der Waals surface area (Å²) in [4.78, 5) is 11.7. The monoisotopic (exact) mass is 294 g/mol. The molecule has 0 spiro atoms. The van der Waals surface area contributed by atoms with E-state index in [9.17, 15) is 9.90 Å². The van der Waals surface area contributed by atoms with E-state index in [0.29, 0.717) is 31.0 Å². The fraction of sp³-hybridized carbons (Fsp3) is 0.400. The Labute approximate surface area is 123 Å². The molecule has 0 fully saturated rings. The predicted octanol–water partition coefficient (Wildman–Crippen LogP) is 2.57. The second-order valence-electron chi connectivity index (χ2n) is 4.83. The average Bonchev–Trinajstić information content (AvgIpc) is 2.84. The first-order valence-corrected chi connectivity index (χ1v) is 7.17. The second kappa shape index (κ2) is 6.77. The Balaban J connectivity index is 1.91. The van der Waals surface area contributed by atoms with Gasteiger partial charge in [-0.25, -0.2) is 0 Å². The zero-order valence-electron chi connectivity index (χ0n) is 11.5. The van der Waals surface area contributed by atoms with Gasteiger partial charge in [0.25, 0.3) is 0 Å². The van der Waals surface area contributed by atoms with Crippen LogP contribution in [0.5, 0.6) is 0 Å². The van der Waals surface area contributed by atoms with Crippen LogP contribution in [0.3, 0.4) is 0 Å². The molecule has 0 unspecified atom stereocenters. The van der Waals surface area contributed by atoms with Crippen LogP contribution in [0, 0.1) is 0 Å². The summed E-state index contributed by atoms with van der Waals surface area (Å²) in [5.41, 5.74) is 1.07. The number of benzene rings is 1. The molecule has 2 N–H and O–H groups in total. The van der Waals surface area contributed by atoms with Crippen LogP contribution in [0.2, 0.25) is 5.02 Å². The lowest BCUT2D eigenvalue weighted by Crippen LogP contribution is -2.32. The summed E-state index contributed by atoms with van der Waals surface area (Å²) in [7, 11) is 0. The van der Waals surface area contributed by atoms with Gasteiger partial charge in [-0.2, -0.15) is 0 Å². The van der Waals surface area contributed by atoms with Crippen LogP contribution in [0.1, 0.15) is 19.8 Å². The molecular formula is C15H19ClN2O2. The van der Waals surface area contributed by atoms with Crippen molar-refractivity contribution in [3.8, 4) is 0 Å². The molecule has 1 aromatic carbocycles. The van der Waals surface area contributed by atoms with Crippen molar-refractivity contribution in [2.75, 3.05) is 6.54 Å². The highest BCUT2D eigenvalue weighted by Gasteiger charge is 2.07. The number of hydrogen-bond acceptors (Lipinski definition) is 2. The van der Waals surface area contributed by atoms with Gasteiger partial charge >= 0.3 is 0 Å². The number of carbonyl (C=O) groups excluding carboxylic acids is 1.